The summed E-state index contributed by atoms with van der Waals surface area (Å²) in [4.78, 5) is 2.25. The van der Waals surface area contributed by atoms with Crippen molar-refractivity contribution in [1.29, 1.82) is 0 Å². The lowest BCUT2D eigenvalue weighted by molar-refractivity contribution is 0.358. The van der Waals surface area contributed by atoms with Crippen LogP contribution in [0.15, 0.2) is 23.1 Å². The van der Waals surface area contributed by atoms with Crippen LogP contribution in [0.3, 0.4) is 0 Å². The van der Waals surface area contributed by atoms with Gasteiger partial charge in [0, 0.05) is 18.8 Å². The average molecular weight is 271 g/mol. The Balaban J connectivity index is 2.71. The van der Waals surface area contributed by atoms with E-state index in [1.807, 2.05) is 25.8 Å². The number of sulfonamides is 1. The lowest BCUT2D eigenvalue weighted by atomic mass is 10.2. The van der Waals surface area contributed by atoms with Crippen molar-refractivity contribution < 1.29 is 8.42 Å². The zero-order valence-corrected chi connectivity index (χ0v) is 11.9. The summed E-state index contributed by atoms with van der Waals surface area (Å²) in [6.07, 6.45) is 0. The van der Waals surface area contributed by atoms with E-state index in [0.29, 0.717) is 18.8 Å². The minimum Gasteiger partial charge on any atom is -0.398 e. The van der Waals surface area contributed by atoms with Gasteiger partial charge >= 0.3 is 0 Å². The summed E-state index contributed by atoms with van der Waals surface area (Å²) >= 11 is 0. The zero-order valence-electron chi connectivity index (χ0n) is 11.1. The highest BCUT2D eigenvalue weighted by atomic mass is 32.2. The van der Waals surface area contributed by atoms with Gasteiger partial charge < -0.3 is 10.6 Å². The van der Waals surface area contributed by atoms with Crippen LogP contribution in [0.4, 0.5) is 5.69 Å². The van der Waals surface area contributed by atoms with E-state index in [4.69, 9.17) is 5.73 Å². The lowest BCUT2D eigenvalue weighted by Gasteiger charge is -2.14. The highest BCUT2D eigenvalue weighted by Crippen LogP contribution is 2.16. The summed E-state index contributed by atoms with van der Waals surface area (Å²) in [6.45, 7) is 5.82. The van der Waals surface area contributed by atoms with E-state index in [1.165, 1.54) is 6.07 Å². The van der Waals surface area contributed by atoms with E-state index in [2.05, 4.69) is 4.72 Å². The van der Waals surface area contributed by atoms with Crippen molar-refractivity contribution >= 4 is 15.7 Å². The summed E-state index contributed by atoms with van der Waals surface area (Å²) in [6, 6.07) is 4.76. The van der Waals surface area contributed by atoms with E-state index < -0.39 is 10.0 Å². The van der Waals surface area contributed by atoms with E-state index in [9.17, 15) is 8.42 Å². The average Bonchev–Trinajstić information content (AvgIpc) is 2.32. The Morgan fingerprint density at radius 3 is 2.61 bits per heavy atom. The molecule has 0 aliphatic rings. The topological polar surface area (TPSA) is 75.4 Å². The molecule has 0 heterocycles. The van der Waals surface area contributed by atoms with Crippen molar-refractivity contribution in [2.45, 2.75) is 18.7 Å². The first-order valence-electron chi connectivity index (χ1n) is 5.91. The first-order chi connectivity index (χ1) is 8.36. The van der Waals surface area contributed by atoms with Gasteiger partial charge in [-0.1, -0.05) is 13.0 Å². The fraction of sp³-hybridized carbons (Fsp3) is 0.500. The van der Waals surface area contributed by atoms with E-state index in [1.54, 1.807) is 12.1 Å². The zero-order chi connectivity index (χ0) is 13.8. The van der Waals surface area contributed by atoms with Crippen molar-refractivity contribution in [1.82, 2.24) is 9.62 Å². The van der Waals surface area contributed by atoms with Crippen molar-refractivity contribution in [2.75, 3.05) is 32.4 Å². The van der Waals surface area contributed by atoms with Crippen LogP contribution < -0.4 is 10.5 Å². The Hall–Kier alpha value is -1.11. The number of hydrogen-bond acceptors (Lipinski definition) is 4. The molecule has 1 aromatic rings. The van der Waals surface area contributed by atoms with Gasteiger partial charge in [-0.15, -0.1) is 0 Å². The molecule has 5 nitrogen and oxygen atoms in total. The number of rotatable bonds is 6. The Labute approximate surface area is 109 Å². The smallest absolute Gasteiger partial charge is 0.240 e. The van der Waals surface area contributed by atoms with Crippen molar-refractivity contribution in [3.63, 3.8) is 0 Å². The summed E-state index contributed by atoms with van der Waals surface area (Å²) in [7, 11) is -1.52. The second-order valence-electron chi connectivity index (χ2n) is 4.31. The van der Waals surface area contributed by atoms with Crippen molar-refractivity contribution in [3.05, 3.63) is 23.8 Å². The van der Waals surface area contributed by atoms with Gasteiger partial charge in [0.05, 0.1) is 4.90 Å². The van der Waals surface area contributed by atoms with Gasteiger partial charge in [-0.3, -0.25) is 0 Å². The third-order valence-electron chi connectivity index (χ3n) is 2.89. The third kappa shape index (κ3) is 3.97. The number of hydrogen-bond donors (Lipinski definition) is 2. The molecular weight excluding hydrogens is 250 g/mol. The van der Waals surface area contributed by atoms with Crippen molar-refractivity contribution in [3.8, 4) is 0 Å². The largest absolute Gasteiger partial charge is 0.398 e. The minimum atomic E-state index is -3.46. The summed E-state index contributed by atoms with van der Waals surface area (Å²) in [5.41, 5.74) is 7.08. The predicted molar refractivity (Wildman–Crippen MR) is 74.0 cm³/mol. The van der Waals surface area contributed by atoms with E-state index >= 15 is 0 Å². The molecule has 6 heteroatoms. The second kappa shape index (κ2) is 6.17. The number of benzene rings is 1. The maximum absolute atomic E-state index is 12.0. The number of likely N-dealkylation sites (N-methyl/N-ethyl adjacent to an activating group) is 1. The molecule has 102 valence electrons. The van der Waals surface area contributed by atoms with E-state index in [0.717, 1.165) is 12.1 Å². The molecule has 0 bridgehead atoms. The fourth-order valence-electron chi connectivity index (χ4n) is 1.40. The van der Waals surface area contributed by atoms with Gasteiger partial charge in [-0.05, 0) is 38.2 Å². The molecule has 0 aromatic heterocycles. The normalized spacial score (nSPS) is 12.0. The van der Waals surface area contributed by atoms with Crippen LogP contribution >= 0.6 is 0 Å². The molecule has 0 saturated carbocycles. The van der Waals surface area contributed by atoms with Crippen LogP contribution in [-0.4, -0.2) is 40.0 Å². The molecule has 0 amide bonds. The maximum atomic E-state index is 12.0. The Bertz CT molecular complexity index is 500. The highest BCUT2D eigenvalue weighted by Gasteiger charge is 2.14. The fourth-order valence-corrected chi connectivity index (χ4v) is 2.45. The van der Waals surface area contributed by atoms with Crippen LogP contribution in [0.2, 0.25) is 0 Å². The molecule has 3 N–H and O–H groups in total. The Morgan fingerprint density at radius 2 is 2.06 bits per heavy atom. The number of nitrogens with one attached hydrogen (secondary N) is 1. The molecule has 18 heavy (non-hydrogen) atoms. The standard InChI is InChI=1S/C12H21N3O2S/c1-4-15(3)8-7-14-18(16,17)11-6-5-10(2)12(13)9-11/h5-6,9,14H,4,7-8,13H2,1-3H3. The first-order valence-corrected chi connectivity index (χ1v) is 7.39. The number of nitrogen functional groups attached to an aromatic ring is 1. The second-order valence-corrected chi connectivity index (χ2v) is 6.08. The highest BCUT2D eigenvalue weighted by molar-refractivity contribution is 7.89. The molecule has 0 aliphatic carbocycles. The molecule has 0 unspecified atom stereocenters. The molecule has 0 saturated heterocycles. The lowest BCUT2D eigenvalue weighted by Crippen LogP contribution is -2.32. The number of anilines is 1. The third-order valence-corrected chi connectivity index (χ3v) is 4.35. The van der Waals surface area contributed by atoms with Gasteiger partial charge in [0.15, 0.2) is 0 Å². The molecule has 1 aromatic carbocycles. The monoisotopic (exact) mass is 271 g/mol. The quantitative estimate of drug-likeness (QED) is 0.751. The maximum Gasteiger partial charge on any atom is 0.240 e. The summed E-state index contributed by atoms with van der Waals surface area (Å²) in [5.74, 6) is 0. The summed E-state index contributed by atoms with van der Waals surface area (Å²) < 4.78 is 26.5. The minimum absolute atomic E-state index is 0.213. The van der Waals surface area contributed by atoms with Crippen molar-refractivity contribution in [2.24, 2.45) is 0 Å². The molecule has 1 rings (SSSR count). The van der Waals surface area contributed by atoms with Crippen LogP contribution in [-0.2, 0) is 10.0 Å². The number of aryl methyl sites for hydroxylation is 1. The summed E-state index contributed by atoms with van der Waals surface area (Å²) in [5, 5.41) is 0. The van der Waals surface area contributed by atoms with Gasteiger partial charge in [0.25, 0.3) is 0 Å². The molecule has 0 radical (unpaired) electrons. The van der Waals surface area contributed by atoms with Gasteiger partial charge in [0.1, 0.15) is 0 Å². The SMILES string of the molecule is CCN(C)CCNS(=O)(=O)c1ccc(C)c(N)c1. The van der Waals surface area contributed by atoms with Crippen LogP contribution in [0.25, 0.3) is 0 Å². The molecular formula is C12H21N3O2S. The van der Waals surface area contributed by atoms with E-state index in [-0.39, 0.29) is 4.90 Å². The van der Waals surface area contributed by atoms with Gasteiger partial charge in [-0.2, -0.15) is 0 Å². The van der Waals surface area contributed by atoms with Gasteiger partial charge in [0.2, 0.25) is 10.0 Å². The molecule has 0 aliphatic heterocycles. The van der Waals surface area contributed by atoms with Crippen LogP contribution in [0.1, 0.15) is 12.5 Å². The molecule has 0 spiro atoms. The first kappa shape index (κ1) is 14.9. The predicted octanol–water partition coefficient (Wildman–Crippen LogP) is 0.807. The van der Waals surface area contributed by atoms with Crippen LogP contribution in [0, 0.1) is 6.92 Å². The number of nitrogens with two attached hydrogens (primary N) is 1. The van der Waals surface area contributed by atoms with Gasteiger partial charge in [-0.25, -0.2) is 13.1 Å². The van der Waals surface area contributed by atoms with Crippen LogP contribution in [0.5, 0.6) is 0 Å². The Morgan fingerprint density at radius 1 is 1.39 bits per heavy atom. The Kier molecular flexibility index (Phi) is 5.13. The molecule has 0 atom stereocenters. The molecule has 0 fully saturated rings. The number of nitrogens with zero attached hydrogens (tertiary/aromatic N) is 1.